The van der Waals surface area contributed by atoms with E-state index < -0.39 is 0 Å². The van der Waals surface area contributed by atoms with Crippen LogP contribution in [0.15, 0.2) is 72.8 Å². The molecule has 0 saturated carbocycles. The lowest BCUT2D eigenvalue weighted by Gasteiger charge is -2.26. The zero-order chi connectivity index (χ0) is 20.1. The van der Waals surface area contributed by atoms with Gasteiger partial charge in [-0.3, -0.25) is 9.80 Å². The number of carbonyl (C=O) groups is 1. The fraction of sp³-hybridized carbons (Fsp3) is 0.174. The summed E-state index contributed by atoms with van der Waals surface area (Å²) in [7, 11) is 5.09. The fourth-order valence-electron chi connectivity index (χ4n) is 2.90. The number of urea groups is 1. The number of carbonyl (C=O) groups excluding carboxylic acids is 1. The van der Waals surface area contributed by atoms with Gasteiger partial charge in [0.15, 0.2) is 11.5 Å². The predicted molar refractivity (Wildman–Crippen MR) is 113 cm³/mol. The van der Waals surface area contributed by atoms with E-state index in [2.05, 4.69) is 0 Å². The molecule has 0 heterocycles. The van der Waals surface area contributed by atoms with E-state index in [0.29, 0.717) is 11.5 Å². The van der Waals surface area contributed by atoms with Crippen LogP contribution in [-0.4, -0.2) is 27.2 Å². The molecule has 0 radical (unpaired) electrons. The van der Waals surface area contributed by atoms with Gasteiger partial charge in [0.1, 0.15) is 5.75 Å². The molecule has 5 heteroatoms. The molecular formula is C23H24N2O3. The second-order valence-electron chi connectivity index (χ2n) is 6.45. The van der Waals surface area contributed by atoms with E-state index in [1.165, 1.54) is 0 Å². The number of para-hydroxylation sites is 2. The molecule has 3 aromatic carbocycles. The van der Waals surface area contributed by atoms with E-state index in [4.69, 9.17) is 9.47 Å². The molecule has 144 valence electrons. The standard InChI is InChI=1S/C23H24N2O3/c1-17-15-19(25(3)23(26)24(2)18-11-7-5-8-12-18)16-21(27-4)22(17)28-20-13-9-6-10-14-20/h5-16H,1-4H3. The quantitative estimate of drug-likeness (QED) is 0.591. The number of hydrogen-bond donors (Lipinski definition) is 0. The Bertz CT molecular complexity index is 943. The molecule has 0 aromatic heterocycles. The largest absolute Gasteiger partial charge is 0.493 e. The zero-order valence-electron chi connectivity index (χ0n) is 16.5. The minimum atomic E-state index is -0.149. The monoisotopic (exact) mass is 376 g/mol. The lowest BCUT2D eigenvalue weighted by molar-refractivity contribution is 0.253. The SMILES string of the molecule is COc1cc(N(C)C(=O)N(C)c2ccccc2)cc(C)c1Oc1ccccc1. The number of benzene rings is 3. The van der Waals surface area contributed by atoms with Crippen LogP contribution < -0.4 is 19.3 Å². The minimum absolute atomic E-state index is 0.149. The van der Waals surface area contributed by atoms with Gasteiger partial charge in [-0.15, -0.1) is 0 Å². The van der Waals surface area contributed by atoms with Crippen molar-refractivity contribution in [1.29, 1.82) is 0 Å². The molecule has 0 bridgehead atoms. The van der Waals surface area contributed by atoms with Gasteiger partial charge < -0.3 is 9.47 Å². The molecule has 2 amide bonds. The Balaban J connectivity index is 1.88. The summed E-state index contributed by atoms with van der Waals surface area (Å²) in [6.07, 6.45) is 0. The summed E-state index contributed by atoms with van der Waals surface area (Å²) in [5.41, 5.74) is 2.43. The third-order valence-electron chi connectivity index (χ3n) is 4.51. The maximum atomic E-state index is 12.9. The summed E-state index contributed by atoms with van der Waals surface area (Å²) in [4.78, 5) is 16.1. The van der Waals surface area contributed by atoms with Crippen LogP contribution in [-0.2, 0) is 0 Å². The highest BCUT2D eigenvalue weighted by atomic mass is 16.5. The molecule has 0 N–H and O–H groups in total. The van der Waals surface area contributed by atoms with Gasteiger partial charge in [0.2, 0.25) is 0 Å². The van der Waals surface area contributed by atoms with Crippen LogP contribution in [0, 0.1) is 6.92 Å². The lowest BCUT2D eigenvalue weighted by atomic mass is 10.1. The first-order valence-electron chi connectivity index (χ1n) is 8.99. The van der Waals surface area contributed by atoms with Gasteiger partial charge in [-0.05, 0) is 42.8 Å². The number of rotatable bonds is 5. The molecular weight excluding hydrogens is 352 g/mol. The summed E-state index contributed by atoms with van der Waals surface area (Å²) in [6, 6.07) is 22.6. The number of amides is 2. The van der Waals surface area contributed by atoms with E-state index in [0.717, 1.165) is 22.7 Å². The van der Waals surface area contributed by atoms with E-state index in [1.807, 2.05) is 79.7 Å². The highest BCUT2D eigenvalue weighted by molar-refractivity contribution is 6.03. The minimum Gasteiger partial charge on any atom is -0.493 e. The van der Waals surface area contributed by atoms with Crippen LogP contribution >= 0.6 is 0 Å². The molecule has 0 fully saturated rings. The fourth-order valence-corrected chi connectivity index (χ4v) is 2.90. The van der Waals surface area contributed by atoms with Crippen molar-refractivity contribution in [3.05, 3.63) is 78.4 Å². The third kappa shape index (κ3) is 4.09. The molecule has 0 aliphatic heterocycles. The van der Waals surface area contributed by atoms with Crippen LogP contribution in [0.5, 0.6) is 17.2 Å². The molecule has 0 saturated heterocycles. The van der Waals surface area contributed by atoms with Crippen molar-refractivity contribution < 1.29 is 14.3 Å². The van der Waals surface area contributed by atoms with Crippen molar-refractivity contribution in [2.24, 2.45) is 0 Å². The molecule has 28 heavy (non-hydrogen) atoms. The highest BCUT2D eigenvalue weighted by Gasteiger charge is 2.20. The molecule has 3 aromatic rings. The first-order chi connectivity index (χ1) is 13.5. The number of hydrogen-bond acceptors (Lipinski definition) is 3. The van der Waals surface area contributed by atoms with Crippen molar-refractivity contribution >= 4 is 17.4 Å². The summed E-state index contributed by atoms with van der Waals surface area (Å²) in [6.45, 7) is 1.93. The lowest BCUT2D eigenvalue weighted by Crippen LogP contribution is -2.38. The molecule has 0 atom stereocenters. The normalized spacial score (nSPS) is 10.3. The average Bonchev–Trinajstić information content (AvgIpc) is 2.74. The molecule has 3 rings (SSSR count). The highest BCUT2D eigenvalue weighted by Crippen LogP contribution is 2.38. The molecule has 5 nitrogen and oxygen atoms in total. The number of methoxy groups -OCH3 is 1. The van der Waals surface area contributed by atoms with Crippen molar-refractivity contribution in [2.75, 3.05) is 31.0 Å². The summed E-state index contributed by atoms with van der Waals surface area (Å²) < 4.78 is 11.5. The van der Waals surface area contributed by atoms with Crippen molar-refractivity contribution in [3.8, 4) is 17.2 Å². The second-order valence-corrected chi connectivity index (χ2v) is 6.45. The second kappa shape index (κ2) is 8.48. The maximum absolute atomic E-state index is 12.9. The first kappa shape index (κ1) is 19.3. The number of anilines is 2. The number of nitrogens with zero attached hydrogens (tertiary/aromatic N) is 2. The average molecular weight is 376 g/mol. The van der Waals surface area contributed by atoms with Gasteiger partial charge in [-0.25, -0.2) is 4.79 Å². The molecule has 0 aliphatic rings. The van der Waals surface area contributed by atoms with Gasteiger partial charge >= 0.3 is 6.03 Å². The van der Waals surface area contributed by atoms with Crippen molar-refractivity contribution in [2.45, 2.75) is 6.92 Å². The summed E-state index contributed by atoms with van der Waals surface area (Å²) >= 11 is 0. The Morgan fingerprint density at radius 1 is 0.821 bits per heavy atom. The Labute approximate surface area is 165 Å². The van der Waals surface area contributed by atoms with Crippen LogP contribution in [0.4, 0.5) is 16.2 Å². The Hall–Kier alpha value is -3.47. The third-order valence-corrected chi connectivity index (χ3v) is 4.51. The Morgan fingerprint density at radius 3 is 2.00 bits per heavy atom. The Kier molecular flexibility index (Phi) is 5.84. The van der Waals surface area contributed by atoms with Gasteiger partial charge in [-0.2, -0.15) is 0 Å². The maximum Gasteiger partial charge on any atom is 0.328 e. The summed E-state index contributed by atoms with van der Waals surface area (Å²) in [5.74, 6) is 1.93. The first-order valence-corrected chi connectivity index (χ1v) is 8.99. The van der Waals surface area contributed by atoms with Gasteiger partial charge in [0.05, 0.1) is 7.11 Å². The van der Waals surface area contributed by atoms with Crippen LogP contribution in [0.2, 0.25) is 0 Å². The van der Waals surface area contributed by atoms with Crippen molar-refractivity contribution in [3.63, 3.8) is 0 Å². The van der Waals surface area contributed by atoms with E-state index >= 15 is 0 Å². The molecule has 0 spiro atoms. The van der Waals surface area contributed by atoms with Crippen molar-refractivity contribution in [1.82, 2.24) is 0 Å². The predicted octanol–water partition coefficient (Wildman–Crippen LogP) is 5.49. The van der Waals surface area contributed by atoms with E-state index in [9.17, 15) is 4.79 Å². The van der Waals surface area contributed by atoms with E-state index in [-0.39, 0.29) is 6.03 Å². The smallest absolute Gasteiger partial charge is 0.328 e. The number of ether oxygens (including phenoxy) is 2. The van der Waals surface area contributed by atoms with Gasteiger partial charge in [0.25, 0.3) is 0 Å². The van der Waals surface area contributed by atoms with Gasteiger partial charge in [-0.1, -0.05) is 36.4 Å². The van der Waals surface area contributed by atoms with Crippen LogP contribution in [0.3, 0.4) is 0 Å². The summed E-state index contributed by atoms with van der Waals surface area (Å²) in [5, 5.41) is 0. The van der Waals surface area contributed by atoms with Crippen LogP contribution in [0.1, 0.15) is 5.56 Å². The molecule has 0 aliphatic carbocycles. The zero-order valence-corrected chi connectivity index (χ0v) is 16.5. The molecule has 0 unspecified atom stereocenters. The number of aryl methyl sites for hydroxylation is 1. The van der Waals surface area contributed by atoms with Crippen LogP contribution in [0.25, 0.3) is 0 Å². The van der Waals surface area contributed by atoms with E-state index in [1.54, 1.807) is 31.0 Å². The Morgan fingerprint density at radius 2 is 1.39 bits per heavy atom. The van der Waals surface area contributed by atoms with Gasteiger partial charge in [0, 0.05) is 31.5 Å². The topological polar surface area (TPSA) is 42.0 Å².